The third-order valence-corrected chi connectivity index (χ3v) is 3.70. The normalized spacial score (nSPS) is 23.0. The van der Waals surface area contributed by atoms with Gasteiger partial charge in [-0.25, -0.2) is 4.39 Å². The molecule has 2 atom stereocenters. The van der Waals surface area contributed by atoms with Crippen molar-refractivity contribution in [2.75, 3.05) is 31.6 Å². The van der Waals surface area contributed by atoms with Crippen molar-refractivity contribution in [1.82, 2.24) is 4.90 Å². The summed E-state index contributed by atoms with van der Waals surface area (Å²) in [6.45, 7) is 2.99. The van der Waals surface area contributed by atoms with Crippen LogP contribution in [-0.2, 0) is 9.53 Å². The maximum atomic E-state index is 12.9. The molecule has 0 spiro atoms. The highest BCUT2D eigenvalue weighted by Crippen LogP contribution is 2.22. The van der Waals surface area contributed by atoms with Crippen molar-refractivity contribution < 1.29 is 19.0 Å². The molecule has 1 amide bonds. The Hall–Kier alpha value is -1.21. The molecule has 2 rings (SSSR count). The molecule has 5 nitrogen and oxygen atoms in total. The van der Waals surface area contributed by atoms with E-state index < -0.39 is 5.82 Å². The molecule has 1 aromatic rings. The Balaban J connectivity index is 1.94. The predicted octanol–water partition coefficient (Wildman–Crippen LogP) is 1.50. The van der Waals surface area contributed by atoms with Gasteiger partial charge in [0.15, 0.2) is 0 Å². The van der Waals surface area contributed by atoms with Gasteiger partial charge < -0.3 is 15.2 Å². The molecule has 0 radical (unpaired) electrons. The van der Waals surface area contributed by atoms with E-state index in [0.29, 0.717) is 18.8 Å². The first-order valence-corrected chi connectivity index (χ1v) is 7.08. The van der Waals surface area contributed by atoms with Gasteiger partial charge >= 0.3 is 0 Å². The van der Waals surface area contributed by atoms with Gasteiger partial charge in [-0.3, -0.25) is 9.69 Å². The summed E-state index contributed by atoms with van der Waals surface area (Å²) in [5.74, 6) is -0.695. The lowest BCUT2D eigenvalue weighted by Gasteiger charge is -2.36. The highest BCUT2D eigenvalue weighted by atomic mass is 35.5. The number of aliphatic hydroxyl groups is 1. The molecule has 1 saturated heterocycles. The number of hydrogen-bond donors (Lipinski definition) is 2. The molecule has 1 fully saturated rings. The second-order valence-electron chi connectivity index (χ2n) is 5.09. The molecule has 7 heteroatoms. The quantitative estimate of drug-likeness (QED) is 0.884. The van der Waals surface area contributed by atoms with Crippen LogP contribution < -0.4 is 5.32 Å². The van der Waals surface area contributed by atoms with E-state index in [4.69, 9.17) is 21.4 Å². The first-order chi connectivity index (χ1) is 9.99. The molecular formula is C14H18ClFN2O3. The maximum absolute atomic E-state index is 12.9. The van der Waals surface area contributed by atoms with Crippen molar-refractivity contribution in [2.24, 2.45) is 0 Å². The average Bonchev–Trinajstić information content (AvgIpc) is 2.44. The number of aliphatic hydroxyl groups excluding tert-OH is 1. The minimum Gasteiger partial charge on any atom is -0.394 e. The maximum Gasteiger partial charge on any atom is 0.238 e. The lowest BCUT2D eigenvalue weighted by atomic mass is 10.2. The van der Waals surface area contributed by atoms with Crippen LogP contribution in [0.15, 0.2) is 18.2 Å². The number of hydrogen-bond acceptors (Lipinski definition) is 4. The van der Waals surface area contributed by atoms with Crippen molar-refractivity contribution >= 4 is 23.2 Å². The standard InChI is InChI=1S/C14H18ClFN2O3/c1-9-8-21-11(7-19)5-18(9)6-14(20)17-13-3-2-10(16)4-12(13)15/h2-4,9,11,19H,5-8H2,1H3,(H,17,20). The highest BCUT2D eigenvalue weighted by molar-refractivity contribution is 6.33. The van der Waals surface area contributed by atoms with Gasteiger partial charge in [-0.15, -0.1) is 0 Å². The second kappa shape index (κ2) is 7.17. The SMILES string of the molecule is CC1COC(CO)CN1CC(=O)Nc1ccc(F)cc1Cl. The lowest BCUT2D eigenvalue weighted by Crippen LogP contribution is -2.51. The molecule has 2 unspecified atom stereocenters. The molecule has 0 bridgehead atoms. The minimum atomic E-state index is -0.453. The third kappa shape index (κ3) is 4.38. The van der Waals surface area contributed by atoms with Crippen molar-refractivity contribution in [1.29, 1.82) is 0 Å². The minimum absolute atomic E-state index is 0.0748. The molecule has 1 aromatic carbocycles. The van der Waals surface area contributed by atoms with Crippen LogP contribution in [0, 0.1) is 5.82 Å². The number of ether oxygens (including phenoxy) is 1. The van der Waals surface area contributed by atoms with Crippen LogP contribution in [-0.4, -0.2) is 54.4 Å². The number of amides is 1. The summed E-state index contributed by atoms with van der Waals surface area (Å²) < 4.78 is 18.4. The lowest BCUT2D eigenvalue weighted by molar-refractivity contribution is -0.122. The second-order valence-corrected chi connectivity index (χ2v) is 5.50. The molecule has 0 saturated carbocycles. The van der Waals surface area contributed by atoms with Gasteiger partial charge in [0.1, 0.15) is 5.82 Å². The number of nitrogens with one attached hydrogen (secondary N) is 1. The Bertz CT molecular complexity index is 515. The van der Waals surface area contributed by atoms with Crippen molar-refractivity contribution in [2.45, 2.75) is 19.1 Å². The first kappa shape index (κ1) is 16.2. The Morgan fingerprint density at radius 2 is 2.38 bits per heavy atom. The van der Waals surface area contributed by atoms with E-state index in [1.54, 1.807) is 0 Å². The van der Waals surface area contributed by atoms with E-state index in [1.807, 2.05) is 11.8 Å². The summed E-state index contributed by atoms with van der Waals surface area (Å²) >= 11 is 5.87. The molecule has 0 aromatic heterocycles. The third-order valence-electron chi connectivity index (χ3n) is 3.39. The Labute approximate surface area is 127 Å². The number of rotatable bonds is 4. The monoisotopic (exact) mass is 316 g/mol. The van der Waals surface area contributed by atoms with Gasteiger partial charge in [0.05, 0.1) is 36.6 Å². The van der Waals surface area contributed by atoms with Crippen molar-refractivity contribution in [3.63, 3.8) is 0 Å². The van der Waals surface area contributed by atoms with Gasteiger partial charge in [-0.05, 0) is 25.1 Å². The summed E-state index contributed by atoms with van der Waals surface area (Å²) in [5.41, 5.74) is 0.377. The largest absolute Gasteiger partial charge is 0.394 e. The number of anilines is 1. The van der Waals surface area contributed by atoms with Gasteiger partial charge in [-0.2, -0.15) is 0 Å². The predicted molar refractivity (Wildman–Crippen MR) is 77.9 cm³/mol. The summed E-state index contributed by atoms with van der Waals surface area (Å²) in [7, 11) is 0. The van der Waals surface area contributed by atoms with Crippen LogP contribution in [0.3, 0.4) is 0 Å². The van der Waals surface area contributed by atoms with Crippen LogP contribution in [0.2, 0.25) is 5.02 Å². The molecule has 21 heavy (non-hydrogen) atoms. The van der Waals surface area contributed by atoms with E-state index in [9.17, 15) is 9.18 Å². The fourth-order valence-electron chi connectivity index (χ4n) is 2.17. The van der Waals surface area contributed by atoms with Gasteiger partial charge in [0.2, 0.25) is 5.91 Å². The molecule has 1 heterocycles. The zero-order valence-corrected chi connectivity index (χ0v) is 12.4. The number of halogens is 2. The Morgan fingerprint density at radius 1 is 1.62 bits per heavy atom. The van der Waals surface area contributed by atoms with Crippen molar-refractivity contribution in [3.05, 3.63) is 29.0 Å². The number of carbonyl (C=O) groups is 1. The van der Waals surface area contributed by atoms with E-state index in [2.05, 4.69) is 5.32 Å². The van der Waals surface area contributed by atoms with Gasteiger partial charge in [0, 0.05) is 12.6 Å². The Morgan fingerprint density at radius 3 is 3.05 bits per heavy atom. The van der Waals surface area contributed by atoms with E-state index in [1.165, 1.54) is 12.1 Å². The number of morpholine rings is 1. The molecule has 1 aliphatic heterocycles. The number of nitrogens with zero attached hydrogens (tertiary/aromatic N) is 1. The van der Waals surface area contributed by atoms with E-state index >= 15 is 0 Å². The van der Waals surface area contributed by atoms with Crippen LogP contribution in [0.5, 0.6) is 0 Å². The summed E-state index contributed by atoms with van der Waals surface area (Å²) in [5, 5.41) is 11.9. The topological polar surface area (TPSA) is 61.8 Å². The van der Waals surface area contributed by atoms with Gasteiger partial charge in [0.25, 0.3) is 0 Å². The van der Waals surface area contributed by atoms with Crippen molar-refractivity contribution in [3.8, 4) is 0 Å². The van der Waals surface area contributed by atoms with Crippen LogP contribution in [0.4, 0.5) is 10.1 Å². The molecule has 116 valence electrons. The van der Waals surface area contributed by atoms with Crippen LogP contribution in [0.25, 0.3) is 0 Å². The number of benzene rings is 1. The van der Waals surface area contributed by atoms with Crippen LogP contribution in [0.1, 0.15) is 6.92 Å². The van der Waals surface area contributed by atoms with E-state index in [-0.39, 0.29) is 36.2 Å². The fourth-order valence-corrected chi connectivity index (χ4v) is 2.39. The highest BCUT2D eigenvalue weighted by Gasteiger charge is 2.27. The van der Waals surface area contributed by atoms with E-state index in [0.717, 1.165) is 6.07 Å². The summed E-state index contributed by atoms with van der Waals surface area (Å²) in [6.07, 6.45) is -0.275. The number of carbonyl (C=O) groups excluding carboxylic acids is 1. The van der Waals surface area contributed by atoms with Crippen LogP contribution >= 0.6 is 11.6 Å². The zero-order valence-electron chi connectivity index (χ0n) is 11.7. The fraction of sp³-hybridized carbons (Fsp3) is 0.500. The molecule has 2 N–H and O–H groups in total. The molecular weight excluding hydrogens is 299 g/mol. The zero-order chi connectivity index (χ0) is 15.4. The van der Waals surface area contributed by atoms with Gasteiger partial charge in [-0.1, -0.05) is 11.6 Å². The Kier molecular flexibility index (Phi) is 5.52. The smallest absolute Gasteiger partial charge is 0.238 e. The molecule has 1 aliphatic rings. The molecule has 0 aliphatic carbocycles. The first-order valence-electron chi connectivity index (χ1n) is 6.71. The average molecular weight is 317 g/mol. The summed E-state index contributed by atoms with van der Waals surface area (Å²) in [6, 6.07) is 3.90. The summed E-state index contributed by atoms with van der Waals surface area (Å²) in [4.78, 5) is 14.0.